The van der Waals surface area contributed by atoms with Gasteiger partial charge in [0.1, 0.15) is 0 Å². The summed E-state index contributed by atoms with van der Waals surface area (Å²) in [6.45, 7) is 5.15. The maximum Gasteiger partial charge on any atom is 0.233 e. The molecule has 0 aromatic heterocycles. The van der Waals surface area contributed by atoms with Crippen LogP contribution in [0.25, 0.3) is 0 Å². The summed E-state index contributed by atoms with van der Waals surface area (Å²) in [4.78, 5) is 11.2. The van der Waals surface area contributed by atoms with Crippen molar-refractivity contribution in [3.63, 3.8) is 0 Å². The molecule has 2 N–H and O–H groups in total. The number of terminal acetylenes is 1. The number of carbonyl (C=O) groups excluding carboxylic acids is 1. The quantitative estimate of drug-likeness (QED) is 0.469. The van der Waals surface area contributed by atoms with E-state index in [0.717, 1.165) is 25.8 Å². The van der Waals surface area contributed by atoms with Crippen molar-refractivity contribution in [2.75, 3.05) is 13.1 Å². The van der Waals surface area contributed by atoms with E-state index in [0.29, 0.717) is 6.54 Å². The molecule has 0 aliphatic carbocycles. The van der Waals surface area contributed by atoms with Crippen molar-refractivity contribution in [2.45, 2.75) is 39.2 Å². The predicted molar refractivity (Wildman–Crippen MR) is 58.8 cm³/mol. The second-order valence-electron chi connectivity index (χ2n) is 3.21. The minimum atomic E-state index is 0.00641. The molecular formula is C11H20N2O. The Hall–Kier alpha value is -1.01. The monoisotopic (exact) mass is 196 g/mol. The maximum absolute atomic E-state index is 11.2. The summed E-state index contributed by atoms with van der Waals surface area (Å²) < 4.78 is 0. The summed E-state index contributed by atoms with van der Waals surface area (Å²) in [6.07, 6.45) is 8.21. The second kappa shape index (κ2) is 8.58. The lowest BCUT2D eigenvalue weighted by Gasteiger charge is -2.10. The van der Waals surface area contributed by atoms with E-state index in [9.17, 15) is 4.79 Å². The normalized spacial score (nSPS) is 11.8. The van der Waals surface area contributed by atoms with E-state index in [1.165, 1.54) is 0 Å². The van der Waals surface area contributed by atoms with Crippen LogP contribution >= 0.6 is 0 Å². The van der Waals surface area contributed by atoms with Gasteiger partial charge in [-0.3, -0.25) is 10.1 Å². The molecule has 80 valence electrons. The number of amides is 1. The number of rotatable bonds is 7. The highest BCUT2D eigenvalue weighted by Crippen LogP contribution is 1.86. The Bertz CT molecular complexity index is 196. The molecule has 0 fully saturated rings. The zero-order chi connectivity index (χ0) is 10.8. The predicted octanol–water partition coefficient (Wildman–Crippen LogP) is 0.904. The Labute approximate surface area is 86.6 Å². The van der Waals surface area contributed by atoms with Crippen molar-refractivity contribution in [3.8, 4) is 12.3 Å². The summed E-state index contributed by atoms with van der Waals surface area (Å²) in [5, 5.41) is 5.81. The lowest BCUT2D eigenvalue weighted by atomic mass is 10.2. The molecule has 1 amide bonds. The first-order valence-corrected chi connectivity index (χ1v) is 5.20. The van der Waals surface area contributed by atoms with Crippen LogP contribution in [0.15, 0.2) is 0 Å². The zero-order valence-corrected chi connectivity index (χ0v) is 9.10. The minimum Gasteiger partial charge on any atom is -0.355 e. The Morgan fingerprint density at radius 1 is 1.50 bits per heavy atom. The van der Waals surface area contributed by atoms with Gasteiger partial charge in [0, 0.05) is 6.54 Å². The molecule has 0 heterocycles. The van der Waals surface area contributed by atoms with Gasteiger partial charge in [0.25, 0.3) is 0 Å². The molecule has 0 saturated heterocycles. The number of hydrogen-bond donors (Lipinski definition) is 2. The first kappa shape index (κ1) is 13.0. The van der Waals surface area contributed by atoms with E-state index < -0.39 is 0 Å². The van der Waals surface area contributed by atoms with Crippen molar-refractivity contribution >= 4 is 5.91 Å². The Morgan fingerprint density at radius 2 is 2.21 bits per heavy atom. The standard InChI is InChI=1S/C11H20N2O/c1-4-7-8-12-11(14)9-13-10(5-2)6-3/h2,10,13H,4,6-9H2,1,3H3,(H,12,14). The molecule has 0 saturated carbocycles. The van der Waals surface area contributed by atoms with Crippen LogP contribution in [0.1, 0.15) is 33.1 Å². The van der Waals surface area contributed by atoms with Crippen LogP contribution < -0.4 is 10.6 Å². The van der Waals surface area contributed by atoms with Crippen molar-refractivity contribution in [2.24, 2.45) is 0 Å². The zero-order valence-electron chi connectivity index (χ0n) is 9.10. The van der Waals surface area contributed by atoms with Gasteiger partial charge in [0.2, 0.25) is 5.91 Å². The topological polar surface area (TPSA) is 41.1 Å². The van der Waals surface area contributed by atoms with Gasteiger partial charge in [0.05, 0.1) is 12.6 Å². The minimum absolute atomic E-state index is 0.00641. The van der Waals surface area contributed by atoms with Crippen molar-refractivity contribution < 1.29 is 4.79 Å². The molecule has 3 nitrogen and oxygen atoms in total. The van der Waals surface area contributed by atoms with Gasteiger partial charge in [0.15, 0.2) is 0 Å². The van der Waals surface area contributed by atoms with Crippen LogP contribution in [0.5, 0.6) is 0 Å². The fourth-order valence-corrected chi connectivity index (χ4v) is 1.00. The summed E-state index contributed by atoms with van der Waals surface area (Å²) in [5.74, 6) is 2.60. The highest BCUT2D eigenvalue weighted by atomic mass is 16.1. The summed E-state index contributed by atoms with van der Waals surface area (Å²) in [5.41, 5.74) is 0. The van der Waals surface area contributed by atoms with Gasteiger partial charge in [-0.2, -0.15) is 0 Å². The SMILES string of the molecule is C#CC(CC)NCC(=O)NCCCC. The molecule has 14 heavy (non-hydrogen) atoms. The molecule has 0 spiro atoms. The fourth-order valence-electron chi connectivity index (χ4n) is 1.00. The van der Waals surface area contributed by atoms with Crippen LogP contribution in [0.4, 0.5) is 0 Å². The molecule has 0 radical (unpaired) electrons. The van der Waals surface area contributed by atoms with E-state index in [1.54, 1.807) is 0 Å². The van der Waals surface area contributed by atoms with Gasteiger partial charge in [-0.1, -0.05) is 26.2 Å². The van der Waals surface area contributed by atoms with Crippen molar-refractivity contribution in [1.82, 2.24) is 10.6 Å². The van der Waals surface area contributed by atoms with Gasteiger partial charge >= 0.3 is 0 Å². The highest BCUT2D eigenvalue weighted by Gasteiger charge is 2.04. The third kappa shape index (κ3) is 6.50. The average molecular weight is 196 g/mol. The smallest absolute Gasteiger partial charge is 0.233 e. The van der Waals surface area contributed by atoms with E-state index in [4.69, 9.17) is 6.42 Å². The van der Waals surface area contributed by atoms with Crippen LogP contribution in [0.3, 0.4) is 0 Å². The van der Waals surface area contributed by atoms with Gasteiger partial charge < -0.3 is 5.32 Å². The summed E-state index contributed by atoms with van der Waals surface area (Å²) in [7, 11) is 0. The van der Waals surface area contributed by atoms with E-state index >= 15 is 0 Å². The Kier molecular flexibility index (Phi) is 7.96. The van der Waals surface area contributed by atoms with Gasteiger partial charge in [-0.25, -0.2) is 0 Å². The van der Waals surface area contributed by atoms with E-state index in [-0.39, 0.29) is 11.9 Å². The third-order valence-corrected chi connectivity index (χ3v) is 1.97. The van der Waals surface area contributed by atoms with E-state index in [2.05, 4.69) is 23.5 Å². The molecule has 0 aromatic rings. The number of nitrogens with one attached hydrogen (secondary N) is 2. The molecule has 1 atom stereocenters. The molecule has 0 aliphatic rings. The molecule has 0 aliphatic heterocycles. The first-order valence-electron chi connectivity index (χ1n) is 5.20. The Morgan fingerprint density at radius 3 is 2.71 bits per heavy atom. The molecule has 1 unspecified atom stereocenters. The second-order valence-corrected chi connectivity index (χ2v) is 3.21. The van der Waals surface area contributed by atoms with Crippen LogP contribution in [0, 0.1) is 12.3 Å². The Balaban J connectivity index is 3.48. The molecule has 0 bridgehead atoms. The number of carbonyl (C=O) groups is 1. The summed E-state index contributed by atoms with van der Waals surface area (Å²) in [6, 6.07) is 0.00641. The average Bonchev–Trinajstić information content (AvgIpc) is 2.20. The fraction of sp³-hybridized carbons (Fsp3) is 0.727. The maximum atomic E-state index is 11.2. The lowest BCUT2D eigenvalue weighted by Crippen LogP contribution is -2.38. The third-order valence-electron chi connectivity index (χ3n) is 1.97. The van der Waals surface area contributed by atoms with Gasteiger partial charge in [-0.05, 0) is 12.8 Å². The van der Waals surface area contributed by atoms with Crippen molar-refractivity contribution in [3.05, 3.63) is 0 Å². The number of hydrogen-bond acceptors (Lipinski definition) is 2. The van der Waals surface area contributed by atoms with E-state index in [1.807, 2.05) is 6.92 Å². The largest absolute Gasteiger partial charge is 0.355 e. The molecular weight excluding hydrogens is 176 g/mol. The molecule has 3 heteroatoms. The highest BCUT2D eigenvalue weighted by molar-refractivity contribution is 5.78. The number of unbranched alkanes of at least 4 members (excludes halogenated alkanes) is 1. The summed E-state index contributed by atoms with van der Waals surface area (Å²) >= 11 is 0. The lowest BCUT2D eigenvalue weighted by molar-refractivity contribution is -0.120. The van der Waals surface area contributed by atoms with Crippen LogP contribution in [-0.2, 0) is 4.79 Å². The van der Waals surface area contributed by atoms with Crippen molar-refractivity contribution in [1.29, 1.82) is 0 Å². The molecule has 0 aromatic carbocycles. The first-order chi connectivity index (χ1) is 6.74. The molecule has 0 rings (SSSR count). The van der Waals surface area contributed by atoms with Crippen LogP contribution in [0.2, 0.25) is 0 Å². The van der Waals surface area contributed by atoms with Crippen LogP contribution in [-0.4, -0.2) is 25.0 Å². The van der Waals surface area contributed by atoms with Gasteiger partial charge in [-0.15, -0.1) is 6.42 Å².